The average Bonchev–Trinajstić information content (AvgIpc) is 3.04. The highest BCUT2D eigenvalue weighted by molar-refractivity contribution is 6.29. The summed E-state index contributed by atoms with van der Waals surface area (Å²) in [5.74, 6) is -10.7. The number of benzene rings is 2. The van der Waals surface area contributed by atoms with Crippen LogP contribution in [-0.2, 0) is 30.3 Å². The van der Waals surface area contributed by atoms with Crippen molar-refractivity contribution < 1.29 is 41.0 Å². The van der Waals surface area contributed by atoms with Gasteiger partial charge in [-0.1, -0.05) is 87.1 Å². The van der Waals surface area contributed by atoms with E-state index in [0.29, 0.717) is 36.0 Å². The molecule has 6 rings (SSSR count). The number of aryl methyl sites for hydroxylation is 2. The van der Waals surface area contributed by atoms with Crippen LogP contribution in [0.15, 0.2) is 71.0 Å². The zero-order valence-electron chi connectivity index (χ0n) is 30.7. The summed E-state index contributed by atoms with van der Waals surface area (Å²) in [6.07, 6.45) is 5.56. The van der Waals surface area contributed by atoms with Gasteiger partial charge in [0.15, 0.2) is 23.1 Å². The van der Waals surface area contributed by atoms with Gasteiger partial charge in [0.05, 0.1) is 11.1 Å². The van der Waals surface area contributed by atoms with Crippen LogP contribution in [-0.4, -0.2) is 23.4 Å². The molecular weight excluding hydrogens is 663 g/mol. The molecule has 4 nitrogen and oxygen atoms in total. The lowest BCUT2D eigenvalue weighted by atomic mass is 9.78. The molecule has 274 valence electrons. The Morgan fingerprint density at radius 2 is 1.18 bits per heavy atom. The highest BCUT2D eigenvalue weighted by atomic mass is 19.3. The van der Waals surface area contributed by atoms with Gasteiger partial charge in [-0.25, -0.2) is 4.39 Å². The molecule has 0 aromatic heterocycles. The van der Waals surface area contributed by atoms with Crippen molar-refractivity contribution in [2.45, 2.75) is 130 Å². The van der Waals surface area contributed by atoms with Crippen LogP contribution in [0, 0.1) is 13.8 Å². The number of ketones is 2. The Kier molecular flexibility index (Phi) is 10.4. The van der Waals surface area contributed by atoms with Crippen molar-refractivity contribution in [2.24, 2.45) is 0 Å². The number of halogens is 5. The van der Waals surface area contributed by atoms with Crippen LogP contribution < -0.4 is 0 Å². The van der Waals surface area contributed by atoms with Crippen LogP contribution in [0.3, 0.4) is 0 Å². The Labute approximate surface area is 297 Å². The van der Waals surface area contributed by atoms with Gasteiger partial charge in [0, 0.05) is 22.3 Å². The van der Waals surface area contributed by atoms with Crippen LogP contribution >= 0.6 is 0 Å². The second kappa shape index (κ2) is 13.8. The first-order chi connectivity index (χ1) is 23.8. The molecule has 0 amide bonds. The lowest BCUT2D eigenvalue weighted by Crippen LogP contribution is -2.40. The third kappa shape index (κ3) is 6.85. The second-order valence-electron chi connectivity index (χ2n) is 14.9. The fourth-order valence-corrected chi connectivity index (χ4v) is 7.24. The molecule has 0 bridgehead atoms. The maximum absolute atomic E-state index is 15.1. The van der Waals surface area contributed by atoms with E-state index < -0.39 is 46.0 Å². The van der Waals surface area contributed by atoms with Crippen molar-refractivity contribution in [3.05, 3.63) is 104 Å². The van der Waals surface area contributed by atoms with Gasteiger partial charge in [-0.15, -0.1) is 0 Å². The molecule has 0 saturated carbocycles. The maximum atomic E-state index is 15.1. The van der Waals surface area contributed by atoms with E-state index in [4.69, 9.17) is 9.47 Å². The van der Waals surface area contributed by atoms with Gasteiger partial charge in [0.1, 0.15) is 11.2 Å². The van der Waals surface area contributed by atoms with Crippen LogP contribution in [0.2, 0.25) is 0 Å². The summed E-state index contributed by atoms with van der Waals surface area (Å²) in [6.45, 7) is 14.7. The van der Waals surface area contributed by atoms with E-state index in [-0.39, 0.29) is 41.1 Å². The van der Waals surface area contributed by atoms with Crippen molar-refractivity contribution in [3.8, 4) is 0 Å². The van der Waals surface area contributed by atoms with Gasteiger partial charge >= 0.3 is 11.8 Å². The number of ether oxygens (including phenoxy) is 2. The molecule has 0 fully saturated rings. The minimum absolute atomic E-state index is 0.0160. The molecule has 0 spiro atoms. The molecular formula is C42H47F5O4. The lowest BCUT2D eigenvalue weighted by Gasteiger charge is -2.40. The topological polar surface area (TPSA) is 52.6 Å². The van der Waals surface area contributed by atoms with Gasteiger partial charge in [-0.3, -0.25) is 9.59 Å². The third-order valence-electron chi connectivity index (χ3n) is 10.0. The fraction of sp³-hybridized carbons (Fsp3) is 0.476. The smallest absolute Gasteiger partial charge is 0.334 e. The van der Waals surface area contributed by atoms with Crippen LogP contribution in [0.4, 0.5) is 22.0 Å². The Balaban J connectivity index is 0.000000198. The number of hydrogen-bond donors (Lipinski definition) is 0. The monoisotopic (exact) mass is 710 g/mol. The molecule has 2 aliphatic heterocycles. The predicted octanol–water partition coefficient (Wildman–Crippen LogP) is 11.7. The van der Waals surface area contributed by atoms with E-state index in [0.717, 1.165) is 42.0 Å². The molecule has 9 heteroatoms. The molecule has 4 aliphatic rings. The highest BCUT2D eigenvalue weighted by Crippen LogP contribution is 2.53. The van der Waals surface area contributed by atoms with Gasteiger partial charge in [0.25, 0.3) is 0 Å². The molecule has 2 aromatic rings. The van der Waals surface area contributed by atoms with Crippen molar-refractivity contribution in [1.82, 2.24) is 0 Å². The van der Waals surface area contributed by atoms with E-state index in [1.807, 2.05) is 39.0 Å². The number of carbonyl (C=O) groups is 2. The van der Waals surface area contributed by atoms with Gasteiger partial charge in [-0.2, -0.15) is 17.6 Å². The minimum atomic E-state index is -3.84. The zero-order chi connectivity index (χ0) is 37.7. The van der Waals surface area contributed by atoms with Gasteiger partial charge in [-0.05, 0) is 84.4 Å². The SMILES string of the molecule is CCCCCC1=C(F)C2=C(C(=O)C1(F)F)c1cc(C)ccc1C(C)(C)O2.CCCCCC1=CC(=O)C2=C(OC(C)(C)c3ccc(C)cc32)C1(F)F. The quantitative estimate of drug-likeness (QED) is 0.202. The summed E-state index contributed by atoms with van der Waals surface area (Å²) in [7, 11) is 0. The minimum Gasteiger partial charge on any atom is -0.480 e. The normalized spacial score (nSPS) is 20.6. The molecule has 2 heterocycles. The second-order valence-corrected chi connectivity index (χ2v) is 14.9. The Hall–Kier alpha value is -4.01. The standard InChI is InChI=1S/C21H23F3O2.C21H24F2O2/c1-5-6-7-8-15-17(22)18-16(19(25)21(15,23)24)13-11-12(2)9-10-14(13)20(3,4)26-18;1-5-6-7-8-14-12-17(24)18-15-11-13(2)9-10-16(15)20(3,4)25-19(18)21(14,22)23/h9-11H,5-8H2,1-4H3;9-12H,5-8H2,1-4H3. The largest absolute Gasteiger partial charge is 0.480 e. The van der Waals surface area contributed by atoms with E-state index in [9.17, 15) is 18.4 Å². The molecule has 2 aliphatic carbocycles. The van der Waals surface area contributed by atoms with Crippen LogP contribution in [0.25, 0.3) is 11.1 Å². The Bertz CT molecular complexity index is 1890. The maximum Gasteiger partial charge on any atom is 0.334 e. The molecule has 0 N–H and O–H groups in total. The van der Waals surface area contributed by atoms with Gasteiger partial charge < -0.3 is 9.47 Å². The number of allylic oxidation sites excluding steroid dienone is 6. The van der Waals surface area contributed by atoms with Gasteiger partial charge in [0.2, 0.25) is 5.78 Å². The Morgan fingerprint density at radius 3 is 1.73 bits per heavy atom. The predicted molar refractivity (Wildman–Crippen MR) is 189 cm³/mol. The molecule has 51 heavy (non-hydrogen) atoms. The van der Waals surface area contributed by atoms with Crippen molar-refractivity contribution in [1.29, 1.82) is 0 Å². The molecule has 0 unspecified atom stereocenters. The molecule has 2 aromatic carbocycles. The number of Topliss-reactive ketones (excluding diaryl/α,β-unsaturated/α-hetero) is 1. The lowest BCUT2D eigenvalue weighted by molar-refractivity contribution is -0.133. The van der Waals surface area contributed by atoms with E-state index >= 15 is 13.2 Å². The summed E-state index contributed by atoms with van der Waals surface area (Å²) in [5, 5.41) is 0. The van der Waals surface area contributed by atoms with E-state index in [1.165, 1.54) is 0 Å². The first kappa shape index (κ1) is 38.2. The first-order valence-electron chi connectivity index (χ1n) is 17.8. The van der Waals surface area contributed by atoms with Crippen molar-refractivity contribution in [2.75, 3.05) is 0 Å². The third-order valence-corrected chi connectivity index (χ3v) is 10.0. The number of rotatable bonds is 8. The summed E-state index contributed by atoms with van der Waals surface area (Å²) in [5.41, 5.74) is 0.989. The average molecular weight is 711 g/mol. The summed E-state index contributed by atoms with van der Waals surface area (Å²) >= 11 is 0. The summed E-state index contributed by atoms with van der Waals surface area (Å²) in [4.78, 5) is 25.4. The fourth-order valence-electron chi connectivity index (χ4n) is 7.24. The number of carbonyl (C=O) groups excluding carboxylic acids is 2. The number of alkyl halides is 4. The number of unbranched alkanes of at least 4 members (excludes halogenated alkanes) is 4. The van der Waals surface area contributed by atoms with E-state index in [2.05, 4.69) is 0 Å². The molecule has 0 saturated heterocycles. The van der Waals surface area contributed by atoms with Crippen molar-refractivity contribution >= 4 is 22.7 Å². The Morgan fingerprint density at radius 1 is 0.667 bits per heavy atom. The van der Waals surface area contributed by atoms with Crippen molar-refractivity contribution in [3.63, 3.8) is 0 Å². The van der Waals surface area contributed by atoms with Crippen LogP contribution in [0.1, 0.15) is 126 Å². The molecule has 0 radical (unpaired) electrons. The summed E-state index contributed by atoms with van der Waals surface area (Å²) < 4.78 is 86.4. The van der Waals surface area contributed by atoms with E-state index in [1.54, 1.807) is 52.8 Å². The zero-order valence-corrected chi connectivity index (χ0v) is 30.7. The highest BCUT2D eigenvalue weighted by Gasteiger charge is 2.55. The summed E-state index contributed by atoms with van der Waals surface area (Å²) in [6, 6.07) is 10.8. The van der Waals surface area contributed by atoms with Crippen LogP contribution in [0.5, 0.6) is 0 Å². The molecule has 0 atom stereocenters. The first-order valence-corrected chi connectivity index (χ1v) is 17.8. The number of fused-ring (bicyclic) bond motifs is 4. The number of hydrogen-bond acceptors (Lipinski definition) is 4.